The van der Waals surface area contributed by atoms with Crippen molar-refractivity contribution in [2.75, 3.05) is 11.1 Å². The highest BCUT2D eigenvalue weighted by Gasteiger charge is 2.08. The summed E-state index contributed by atoms with van der Waals surface area (Å²) in [7, 11) is 1.86. The molecule has 0 spiro atoms. The van der Waals surface area contributed by atoms with Crippen molar-refractivity contribution in [1.29, 1.82) is 0 Å². The molecule has 0 unspecified atom stereocenters. The van der Waals surface area contributed by atoms with Crippen molar-refractivity contribution in [3.05, 3.63) is 41.1 Å². The Balaban J connectivity index is 2.06. The number of aliphatic hydroxyl groups excluding tert-OH is 1. The number of nitrogens with one attached hydrogen (secondary N) is 1. The molecular weight excluding hydrogens is 228 g/mol. The molecule has 18 heavy (non-hydrogen) atoms. The zero-order chi connectivity index (χ0) is 13.1. The molecule has 4 N–H and O–H groups in total. The molecule has 0 saturated carbocycles. The third-order valence-corrected chi connectivity index (χ3v) is 2.93. The first-order valence-corrected chi connectivity index (χ1v) is 5.83. The largest absolute Gasteiger partial charge is 0.394 e. The van der Waals surface area contributed by atoms with Gasteiger partial charge < -0.3 is 16.2 Å². The van der Waals surface area contributed by atoms with Gasteiger partial charge in [0.25, 0.3) is 0 Å². The predicted molar refractivity (Wildman–Crippen MR) is 72.0 cm³/mol. The molecule has 5 heteroatoms. The molecular formula is C13H18N4O. The summed E-state index contributed by atoms with van der Waals surface area (Å²) in [6.07, 6.45) is 0. The summed E-state index contributed by atoms with van der Waals surface area (Å²) < 4.78 is 1.74. The maximum absolute atomic E-state index is 8.97. The Morgan fingerprint density at radius 3 is 2.39 bits per heavy atom. The molecule has 0 atom stereocenters. The molecule has 0 radical (unpaired) electrons. The average molecular weight is 246 g/mol. The molecule has 96 valence electrons. The molecule has 2 rings (SSSR count). The van der Waals surface area contributed by atoms with Crippen LogP contribution in [-0.2, 0) is 20.2 Å². The number of aliphatic hydroxyl groups is 1. The van der Waals surface area contributed by atoms with Crippen LogP contribution in [-0.4, -0.2) is 14.9 Å². The van der Waals surface area contributed by atoms with E-state index in [4.69, 9.17) is 10.8 Å². The van der Waals surface area contributed by atoms with Gasteiger partial charge in [-0.25, -0.2) is 0 Å². The number of nitrogens with two attached hydrogens (primary N) is 1. The maximum atomic E-state index is 8.97. The molecule has 0 aliphatic rings. The summed E-state index contributed by atoms with van der Waals surface area (Å²) in [5.74, 6) is 0.832. The predicted octanol–water partition coefficient (Wildman–Crippen LogP) is 1.42. The van der Waals surface area contributed by atoms with Crippen LogP contribution < -0.4 is 11.1 Å². The second kappa shape index (κ2) is 5.10. The number of hydrogen-bond acceptors (Lipinski definition) is 4. The van der Waals surface area contributed by atoms with Gasteiger partial charge in [0.15, 0.2) is 0 Å². The Bertz CT molecular complexity index is 531. The third kappa shape index (κ3) is 2.46. The molecule has 0 aliphatic carbocycles. The second-order valence-corrected chi connectivity index (χ2v) is 4.30. The van der Waals surface area contributed by atoms with Gasteiger partial charge in [-0.3, -0.25) is 4.68 Å². The number of nitrogen functional groups attached to an aromatic ring is 1. The van der Waals surface area contributed by atoms with Gasteiger partial charge in [-0.15, -0.1) is 0 Å². The van der Waals surface area contributed by atoms with E-state index in [-0.39, 0.29) is 6.61 Å². The van der Waals surface area contributed by atoms with Gasteiger partial charge in [0, 0.05) is 13.6 Å². The number of aromatic nitrogens is 2. The molecule has 1 aromatic carbocycles. The summed E-state index contributed by atoms with van der Waals surface area (Å²) in [4.78, 5) is 0. The molecule has 1 heterocycles. The number of aryl methyl sites for hydroxylation is 2. The van der Waals surface area contributed by atoms with Crippen LogP contribution in [0.1, 0.15) is 16.8 Å². The van der Waals surface area contributed by atoms with Gasteiger partial charge in [0.05, 0.1) is 18.0 Å². The highest BCUT2D eigenvalue weighted by Crippen LogP contribution is 2.21. The van der Waals surface area contributed by atoms with Crippen LogP contribution in [0.3, 0.4) is 0 Å². The monoisotopic (exact) mass is 246 g/mol. The Kier molecular flexibility index (Phi) is 3.53. The van der Waals surface area contributed by atoms with E-state index in [0.717, 1.165) is 22.6 Å². The minimum absolute atomic E-state index is 0.0710. The van der Waals surface area contributed by atoms with Crippen LogP contribution in [0.15, 0.2) is 24.3 Å². The summed E-state index contributed by atoms with van der Waals surface area (Å²) in [5, 5.41) is 16.5. The first-order valence-electron chi connectivity index (χ1n) is 5.83. The smallest absolute Gasteiger partial charge is 0.148 e. The lowest BCUT2D eigenvalue weighted by atomic mass is 10.1. The lowest BCUT2D eigenvalue weighted by Crippen LogP contribution is -2.06. The normalized spacial score (nSPS) is 10.6. The van der Waals surface area contributed by atoms with Crippen LogP contribution in [0.5, 0.6) is 0 Å². The molecule has 0 aliphatic heterocycles. The van der Waals surface area contributed by atoms with E-state index < -0.39 is 0 Å². The van der Waals surface area contributed by atoms with Crippen molar-refractivity contribution in [1.82, 2.24) is 9.78 Å². The molecule has 5 nitrogen and oxygen atoms in total. The maximum Gasteiger partial charge on any atom is 0.148 e. The Hall–Kier alpha value is -2.01. The van der Waals surface area contributed by atoms with Crippen molar-refractivity contribution in [2.24, 2.45) is 7.05 Å². The first-order chi connectivity index (χ1) is 8.61. The molecule has 0 fully saturated rings. The number of hydrogen-bond donors (Lipinski definition) is 3. The number of nitrogens with zero attached hydrogens (tertiary/aromatic N) is 2. The van der Waals surface area contributed by atoms with Crippen molar-refractivity contribution >= 4 is 11.5 Å². The standard InChI is InChI=1S/C13H18N4O/c1-9-12(14)13(17(2)16-9)15-7-10-3-5-11(8-18)6-4-10/h3-6,15,18H,7-8,14H2,1-2H3. The second-order valence-electron chi connectivity index (χ2n) is 4.30. The quantitative estimate of drug-likeness (QED) is 0.762. The lowest BCUT2D eigenvalue weighted by molar-refractivity contribution is 0.282. The van der Waals surface area contributed by atoms with Gasteiger partial charge in [-0.05, 0) is 18.1 Å². The third-order valence-electron chi connectivity index (χ3n) is 2.93. The molecule has 0 amide bonds. The fourth-order valence-corrected chi connectivity index (χ4v) is 1.83. The molecule has 1 aromatic heterocycles. The van der Waals surface area contributed by atoms with E-state index in [1.165, 1.54) is 0 Å². The Morgan fingerprint density at radius 2 is 1.89 bits per heavy atom. The van der Waals surface area contributed by atoms with E-state index in [1.807, 2.05) is 38.2 Å². The van der Waals surface area contributed by atoms with Crippen LogP contribution in [0.4, 0.5) is 11.5 Å². The van der Waals surface area contributed by atoms with Crippen molar-refractivity contribution < 1.29 is 5.11 Å². The van der Waals surface area contributed by atoms with Crippen LogP contribution in [0.2, 0.25) is 0 Å². The van der Waals surface area contributed by atoms with Gasteiger partial charge >= 0.3 is 0 Å². The Morgan fingerprint density at radius 1 is 1.28 bits per heavy atom. The van der Waals surface area contributed by atoms with Crippen molar-refractivity contribution in [3.8, 4) is 0 Å². The SMILES string of the molecule is Cc1nn(C)c(NCc2ccc(CO)cc2)c1N. The first kappa shape index (κ1) is 12.4. The lowest BCUT2D eigenvalue weighted by Gasteiger charge is -2.08. The minimum Gasteiger partial charge on any atom is -0.394 e. The Labute approximate surface area is 106 Å². The van der Waals surface area contributed by atoms with E-state index in [1.54, 1.807) is 4.68 Å². The van der Waals surface area contributed by atoms with Gasteiger partial charge in [0.2, 0.25) is 0 Å². The van der Waals surface area contributed by atoms with Gasteiger partial charge in [-0.1, -0.05) is 24.3 Å². The summed E-state index contributed by atoms with van der Waals surface area (Å²) >= 11 is 0. The fourth-order valence-electron chi connectivity index (χ4n) is 1.83. The fraction of sp³-hybridized carbons (Fsp3) is 0.308. The summed E-state index contributed by atoms with van der Waals surface area (Å²) in [6, 6.07) is 7.79. The van der Waals surface area contributed by atoms with E-state index in [9.17, 15) is 0 Å². The number of benzene rings is 1. The van der Waals surface area contributed by atoms with Crippen molar-refractivity contribution in [3.63, 3.8) is 0 Å². The van der Waals surface area contributed by atoms with Crippen LogP contribution in [0, 0.1) is 6.92 Å². The van der Waals surface area contributed by atoms with Gasteiger partial charge in [-0.2, -0.15) is 5.10 Å². The van der Waals surface area contributed by atoms with E-state index in [2.05, 4.69) is 10.4 Å². The molecule has 0 bridgehead atoms. The zero-order valence-electron chi connectivity index (χ0n) is 10.6. The highest BCUT2D eigenvalue weighted by molar-refractivity contribution is 5.64. The topological polar surface area (TPSA) is 76.1 Å². The number of rotatable bonds is 4. The van der Waals surface area contributed by atoms with Gasteiger partial charge in [0.1, 0.15) is 5.82 Å². The highest BCUT2D eigenvalue weighted by atomic mass is 16.3. The number of anilines is 2. The zero-order valence-corrected chi connectivity index (χ0v) is 10.6. The van der Waals surface area contributed by atoms with Crippen molar-refractivity contribution in [2.45, 2.75) is 20.1 Å². The van der Waals surface area contributed by atoms with E-state index in [0.29, 0.717) is 12.2 Å². The molecule has 0 saturated heterocycles. The van der Waals surface area contributed by atoms with Crippen LogP contribution in [0.25, 0.3) is 0 Å². The summed E-state index contributed by atoms with van der Waals surface area (Å²) in [5.41, 5.74) is 9.49. The van der Waals surface area contributed by atoms with E-state index >= 15 is 0 Å². The molecule has 2 aromatic rings. The summed E-state index contributed by atoms with van der Waals surface area (Å²) in [6.45, 7) is 2.63. The minimum atomic E-state index is 0.0710. The average Bonchev–Trinajstić information content (AvgIpc) is 2.62. The van der Waals surface area contributed by atoms with Crippen LogP contribution >= 0.6 is 0 Å².